The van der Waals surface area contributed by atoms with E-state index >= 15 is 0 Å². The Bertz CT molecular complexity index is 1730. The molecule has 238 valence electrons. The summed E-state index contributed by atoms with van der Waals surface area (Å²) in [5.41, 5.74) is 8.31. The highest BCUT2D eigenvalue weighted by Gasteiger charge is 2.32. The van der Waals surface area contributed by atoms with Crippen molar-refractivity contribution in [1.29, 1.82) is 0 Å². The van der Waals surface area contributed by atoms with Gasteiger partial charge in [-0.2, -0.15) is 0 Å². The minimum absolute atomic E-state index is 0.0560. The number of nitrogens with one attached hydrogen (secondary N) is 1. The number of hydrogen-bond donors (Lipinski definition) is 1. The summed E-state index contributed by atoms with van der Waals surface area (Å²) in [7, 11) is 2.16. The van der Waals surface area contributed by atoms with Gasteiger partial charge in [0.05, 0.1) is 23.7 Å². The van der Waals surface area contributed by atoms with Crippen LogP contribution in [0.1, 0.15) is 63.8 Å². The molecule has 1 N–H and O–H groups in total. The highest BCUT2D eigenvalue weighted by atomic mass is 35.5. The Kier molecular flexibility index (Phi) is 9.12. The lowest BCUT2D eigenvalue weighted by Crippen LogP contribution is -2.44. The average molecular weight is 650 g/mol. The van der Waals surface area contributed by atoms with Crippen molar-refractivity contribution in [2.75, 3.05) is 46.4 Å². The van der Waals surface area contributed by atoms with Crippen LogP contribution < -0.4 is 10.1 Å². The van der Waals surface area contributed by atoms with Crippen molar-refractivity contribution in [1.82, 2.24) is 29.7 Å². The molecule has 1 amide bonds. The van der Waals surface area contributed by atoms with Crippen molar-refractivity contribution < 1.29 is 9.53 Å². The number of halogens is 2. The summed E-state index contributed by atoms with van der Waals surface area (Å²) in [6.45, 7) is 16.1. The van der Waals surface area contributed by atoms with E-state index in [-0.39, 0.29) is 11.9 Å². The average Bonchev–Trinajstić information content (AvgIpc) is 3.33. The van der Waals surface area contributed by atoms with Crippen molar-refractivity contribution >= 4 is 40.0 Å². The van der Waals surface area contributed by atoms with Gasteiger partial charge in [0.15, 0.2) is 0 Å². The summed E-state index contributed by atoms with van der Waals surface area (Å²) < 4.78 is 8.32. The largest absolute Gasteiger partial charge is 0.494 e. The van der Waals surface area contributed by atoms with Crippen LogP contribution in [0.5, 0.6) is 5.75 Å². The van der Waals surface area contributed by atoms with Gasteiger partial charge in [0.2, 0.25) is 0 Å². The molecule has 4 aromatic rings. The fraction of sp³-hybridized carbons (Fsp3) is 0.457. The molecule has 0 spiro atoms. The van der Waals surface area contributed by atoms with Gasteiger partial charge < -0.3 is 19.5 Å². The highest BCUT2D eigenvalue weighted by molar-refractivity contribution is 6.35. The van der Waals surface area contributed by atoms with Crippen LogP contribution in [0.3, 0.4) is 0 Å². The maximum atomic E-state index is 13.5. The summed E-state index contributed by atoms with van der Waals surface area (Å²) in [4.78, 5) is 28.2. The van der Waals surface area contributed by atoms with Crippen LogP contribution in [0.4, 0.5) is 0 Å². The van der Waals surface area contributed by atoms with E-state index < -0.39 is 0 Å². The van der Waals surface area contributed by atoms with E-state index in [1.165, 1.54) is 0 Å². The van der Waals surface area contributed by atoms with Crippen molar-refractivity contribution in [3.05, 3.63) is 73.9 Å². The van der Waals surface area contributed by atoms with Crippen LogP contribution in [0.2, 0.25) is 10.0 Å². The second-order valence-electron chi connectivity index (χ2n) is 12.7. The van der Waals surface area contributed by atoms with Crippen LogP contribution in [0.15, 0.2) is 24.3 Å². The predicted molar refractivity (Wildman–Crippen MR) is 182 cm³/mol. The van der Waals surface area contributed by atoms with Crippen molar-refractivity contribution in [3.8, 4) is 16.9 Å². The van der Waals surface area contributed by atoms with E-state index in [0.29, 0.717) is 30.3 Å². The zero-order valence-electron chi connectivity index (χ0n) is 27.1. The first kappa shape index (κ1) is 31.8. The first-order valence-corrected chi connectivity index (χ1v) is 16.6. The van der Waals surface area contributed by atoms with E-state index in [4.69, 9.17) is 37.9 Å². The molecule has 0 aliphatic carbocycles. The third-order valence-electron chi connectivity index (χ3n) is 9.21. The molecule has 2 aliphatic rings. The Morgan fingerprint density at radius 1 is 0.978 bits per heavy atom. The summed E-state index contributed by atoms with van der Waals surface area (Å²) in [5, 5.41) is 5.53. The van der Waals surface area contributed by atoms with E-state index in [0.717, 1.165) is 106 Å². The molecule has 0 saturated carbocycles. The number of benzene rings is 2. The Labute approximate surface area is 275 Å². The van der Waals surface area contributed by atoms with E-state index in [2.05, 4.69) is 39.7 Å². The second-order valence-corrected chi connectivity index (χ2v) is 13.4. The summed E-state index contributed by atoms with van der Waals surface area (Å²) in [6.07, 6.45) is 1.43. The smallest absolute Gasteiger partial charge is 0.268 e. The van der Waals surface area contributed by atoms with E-state index in [9.17, 15) is 4.79 Å². The number of likely N-dealkylation sites (N-methyl/N-ethyl adjacent to an activating group) is 1. The monoisotopic (exact) mass is 648 g/mol. The molecule has 2 aromatic carbocycles. The molecule has 6 rings (SSSR count). The van der Waals surface area contributed by atoms with Crippen LogP contribution in [-0.2, 0) is 13.0 Å². The Morgan fingerprint density at radius 3 is 2.31 bits per heavy atom. The highest BCUT2D eigenvalue weighted by Crippen LogP contribution is 2.43. The molecule has 0 unspecified atom stereocenters. The molecule has 2 aliphatic heterocycles. The normalized spacial score (nSPS) is 17.5. The molecule has 4 heterocycles. The van der Waals surface area contributed by atoms with Crippen LogP contribution in [0.25, 0.3) is 22.0 Å². The molecular formula is C35H42Cl2N6O2. The zero-order valence-corrected chi connectivity index (χ0v) is 28.6. The molecule has 1 atom stereocenters. The van der Waals surface area contributed by atoms with Gasteiger partial charge >= 0.3 is 0 Å². The standard InChI is InChI=1S/C35H42Cl2N6O2/c1-20-16-25(17-21(2)32(20)37)45-15-7-8-26-27-9-10-28(36)31(33(27)43-22(3)18-38-35(44)34(26)43)30-23(4)39-29(40-24(30)5)19-42-13-11-41(6)12-14-42/h9-10,16-17,22H,7-8,11-15,18-19H2,1-6H3,(H,38,44)/t22-/m1/s1. The molecule has 0 radical (unpaired) electrons. The number of rotatable bonds is 8. The maximum absolute atomic E-state index is 13.5. The van der Waals surface area contributed by atoms with Gasteiger partial charge in [-0.05, 0) is 89.4 Å². The summed E-state index contributed by atoms with van der Waals surface area (Å²) >= 11 is 13.4. The third kappa shape index (κ3) is 6.18. The number of amides is 1. The minimum atomic E-state index is -0.0570. The Balaban J connectivity index is 1.36. The van der Waals surface area contributed by atoms with Crippen molar-refractivity contribution in [2.45, 2.75) is 60.0 Å². The summed E-state index contributed by atoms with van der Waals surface area (Å²) in [5.74, 6) is 1.58. The number of aryl methyl sites for hydroxylation is 5. The van der Waals surface area contributed by atoms with E-state index in [1.54, 1.807) is 0 Å². The van der Waals surface area contributed by atoms with Crippen LogP contribution in [0, 0.1) is 27.7 Å². The van der Waals surface area contributed by atoms with Gasteiger partial charge in [-0.3, -0.25) is 9.69 Å². The number of carbonyl (C=O) groups is 1. The Morgan fingerprint density at radius 2 is 1.64 bits per heavy atom. The molecule has 8 nitrogen and oxygen atoms in total. The van der Waals surface area contributed by atoms with Gasteiger partial charge in [0.1, 0.15) is 17.3 Å². The van der Waals surface area contributed by atoms with Crippen molar-refractivity contribution in [2.24, 2.45) is 0 Å². The number of aromatic nitrogens is 3. The first-order valence-electron chi connectivity index (χ1n) is 15.8. The Hall–Kier alpha value is -3.17. The molecule has 1 fully saturated rings. The maximum Gasteiger partial charge on any atom is 0.268 e. The minimum Gasteiger partial charge on any atom is -0.494 e. The lowest BCUT2D eigenvalue weighted by atomic mass is 9.97. The third-order valence-corrected chi connectivity index (χ3v) is 10.1. The zero-order chi connectivity index (χ0) is 32.0. The van der Waals surface area contributed by atoms with Gasteiger partial charge in [0, 0.05) is 71.7 Å². The van der Waals surface area contributed by atoms with E-state index in [1.807, 2.05) is 45.9 Å². The lowest BCUT2D eigenvalue weighted by molar-refractivity contribution is 0.0918. The van der Waals surface area contributed by atoms with Gasteiger partial charge in [-0.15, -0.1) is 0 Å². The number of hydrogen-bond acceptors (Lipinski definition) is 6. The molecular weight excluding hydrogens is 607 g/mol. The fourth-order valence-electron chi connectivity index (χ4n) is 6.89. The van der Waals surface area contributed by atoms with Gasteiger partial charge in [-0.1, -0.05) is 29.3 Å². The van der Waals surface area contributed by atoms with Crippen LogP contribution >= 0.6 is 23.2 Å². The molecule has 10 heteroatoms. The number of ether oxygens (including phenoxy) is 1. The molecule has 1 saturated heterocycles. The SMILES string of the molecule is Cc1cc(OCCCc2c3n(c4c(-c5c(C)nc(CN6CCN(C)CC6)nc5C)c(Cl)ccc24)[C@H](C)CNC3=O)cc(C)c1Cl. The molecule has 2 aromatic heterocycles. The molecule has 0 bridgehead atoms. The fourth-order valence-corrected chi connectivity index (χ4v) is 7.25. The predicted octanol–water partition coefficient (Wildman–Crippen LogP) is 6.70. The lowest BCUT2D eigenvalue weighted by Gasteiger charge is -2.32. The number of piperazine rings is 1. The first-order chi connectivity index (χ1) is 21.5. The molecule has 45 heavy (non-hydrogen) atoms. The van der Waals surface area contributed by atoms with Gasteiger partial charge in [-0.25, -0.2) is 9.97 Å². The topological polar surface area (TPSA) is 75.5 Å². The summed E-state index contributed by atoms with van der Waals surface area (Å²) in [6, 6.07) is 8.00. The van der Waals surface area contributed by atoms with Crippen molar-refractivity contribution in [3.63, 3.8) is 0 Å². The second kappa shape index (κ2) is 12.9. The number of nitrogens with zero attached hydrogens (tertiary/aromatic N) is 5. The quantitative estimate of drug-likeness (QED) is 0.214. The number of fused-ring (bicyclic) bond motifs is 3. The van der Waals surface area contributed by atoms with Gasteiger partial charge in [0.25, 0.3) is 5.91 Å². The number of carbonyl (C=O) groups excluding carboxylic acids is 1. The van der Waals surface area contributed by atoms with Crippen LogP contribution in [-0.4, -0.2) is 76.6 Å².